The Balaban J connectivity index is 1.66. The van der Waals surface area contributed by atoms with Gasteiger partial charge in [0, 0.05) is 35.7 Å². The minimum absolute atomic E-state index is 0.00267. The zero-order valence-electron chi connectivity index (χ0n) is 17.3. The number of halogens is 2. The number of hydrogen-bond donors (Lipinski definition) is 2. The van der Waals surface area contributed by atoms with Crippen molar-refractivity contribution < 1.29 is 9.59 Å². The highest BCUT2D eigenvalue weighted by atomic mass is 127. The van der Waals surface area contributed by atoms with E-state index in [9.17, 15) is 9.59 Å². The summed E-state index contributed by atoms with van der Waals surface area (Å²) in [5.74, 6) is -0.175. The fraction of sp³-hybridized carbons (Fsp3) is 0.318. The van der Waals surface area contributed by atoms with E-state index in [1.807, 2.05) is 49.1 Å². The number of rotatable bonds is 4. The van der Waals surface area contributed by atoms with E-state index in [0.717, 1.165) is 28.0 Å². The molecule has 1 heterocycles. The first-order chi connectivity index (χ1) is 14.8. The molecule has 1 saturated heterocycles. The number of benzene rings is 2. The average molecular weight is 571 g/mol. The standard InChI is InChI=1S/C22H24ClIN4O2S/c1-14(2)21(30)28-11-9-27(10-12-28)19-6-4-3-5-18(19)25-22(31)26-20(29)16-13-15(24)7-8-17(16)23/h3-8,13-14H,9-12H2,1-2H3,(H2,25,26,29,31). The number of thiocarbonyl (C=S) groups is 1. The number of carbonyl (C=O) groups excluding carboxylic acids is 2. The lowest BCUT2D eigenvalue weighted by Gasteiger charge is -2.37. The molecule has 2 aromatic carbocycles. The Morgan fingerprint density at radius 3 is 2.45 bits per heavy atom. The van der Waals surface area contributed by atoms with Crippen LogP contribution in [0.1, 0.15) is 24.2 Å². The number of amides is 2. The highest BCUT2D eigenvalue weighted by molar-refractivity contribution is 14.1. The van der Waals surface area contributed by atoms with E-state index in [4.69, 9.17) is 23.8 Å². The second-order valence-corrected chi connectivity index (χ2v) is 9.58. The van der Waals surface area contributed by atoms with Crippen molar-refractivity contribution in [1.29, 1.82) is 0 Å². The molecule has 0 unspecified atom stereocenters. The molecule has 1 fully saturated rings. The van der Waals surface area contributed by atoms with Crippen LogP contribution < -0.4 is 15.5 Å². The lowest BCUT2D eigenvalue weighted by molar-refractivity contribution is -0.134. The third kappa shape index (κ3) is 6.08. The van der Waals surface area contributed by atoms with Gasteiger partial charge in [-0.05, 0) is 65.1 Å². The van der Waals surface area contributed by atoms with Crippen molar-refractivity contribution in [3.8, 4) is 0 Å². The van der Waals surface area contributed by atoms with Crippen LogP contribution in [0.15, 0.2) is 42.5 Å². The summed E-state index contributed by atoms with van der Waals surface area (Å²) in [6.45, 7) is 6.66. The molecule has 0 saturated carbocycles. The third-order valence-corrected chi connectivity index (χ3v) is 6.18. The van der Waals surface area contributed by atoms with Gasteiger partial charge in [-0.25, -0.2) is 0 Å². The summed E-state index contributed by atoms with van der Waals surface area (Å²) in [7, 11) is 0. The smallest absolute Gasteiger partial charge is 0.258 e. The van der Waals surface area contributed by atoms with Crippen molar-refractivity contribution in [3.05, 3.63) is 56.6 Å². The minimum Gasteiger partial charge on any atom is -0.366 e. The van der Waals surface area contributed by atoms with Gasteiger partial charge in [-0.2, -0.15) is 0 Å². The molecule has 2 N–H and O–H groups in total. The van der Waals surface area contributed by atoms with E-state index < -0.39 is 0 Å². The first-order valence-corrected chi connectivity index (χ1v) is 11.8. The number of hydrogen-bond acceptors (Lipinski definition) is 4. The van der Waals surface area contributed by atoms with E-state index in [1.54, 1.807) is 12.1 Å². The number of piperazine rings is 1. The van der Waals surface area contributed by atoms with Gasteiger partial charge >= 0.3 is 0 Å². The maximum Gasteiger partial charge on any atom is 0.258 e. The summed E-state index contributed by atoms with van der Waals surface area (Å²) in [4.78, 5) is 29.0. The van der Waals surface area contributed by atoms with Gasteiger partial charge in [0.25, 0.3) is 5.91 Å². The van der Waals surface area contributed by atoms with Gasteiger partial charge in [0.1, 0.15) is 0 Å². The zero-order chi connectivity index (χ0) is 22.5. The van der Waals surface area contributed by atoms with Gasteiger partial charge in [-0.3, -0.25) is 14.9 Å². The predicted octanol–water partition coefficient (Wildman–Crippen LogP) is 4.38. The second kappa shape index (κ2) is 10.6. The molecular weight excluding hydrogens is 547 g/mol. The lowest BCUT2D eigenvalue weighted by Crippen LogP contribution is -2.50. The van der Waals surface area contributed by atoms with Crippen molar-refractivity contribution in [2.75, 3.05) is 36.4 Å². The molecule has 0 atom stereocenters. The highest BCUT2D eigenvalue weighted by Gasteiger charge is 2.24. The topological polar surface area (TPSA) is 64.7 Å². The number of para-hydroxylation sites is 2. The van der Waals surface area contributed by atoms with Crippen LogP contribution in [0.3, 0.4) is 0 Å². The minimum atomic E-state index is -0.362. The van der Waals surface area contributed by atoms with Crippen LogP contribution in [0.2, 0.25) is 5.02 Å². The van der Waals surface area contributed by atoms with Gasteiger partial charge < -0.3 is 15.1 Å². The van der Waals surface area contributed by atoms with Crippen LogP contribution in [-0.2, 0) is 4.79 Å². The largest absolute Gasteiger partial charge is 0.366 e. The van der Waals surface area contributed by atoms with Crippen molar-refractivity contribution in [2.45, 2.75) is 13.8 Å². The molecule has 6 nitrogen and oxygen atoms in total. The van der Waals surface area contributed by atoms with Gasteiger partial charge in [0.05, 0.1) is 22.0 Å². The zero-order valence-corrected chi connectivity index (χ0v) is 21.1. The Morgan fingerprint density at radius 2 is 1.77 bits per heavy atom. The predicted molar refractivity (Wildman–Crippen MR) is 138 cm³/mol. The summed E-state index contributed by atoms with van der Waals surface area (Å²) in [6.07, 6.45) is 0. The van der Waals surface area contributed by atoms with Gasteiger partial charge in [-0.1, -0.05) is 37.6 Å². The highest BCUT2D eigenvalue weighted by Crippen LogP contribution is 2.27. The number of carbonyl (C=O) groups is 2. The molecule has 0 aromatic heterocycles. The molecule has 2 amide bonds. The number of nitrogens with zero attached hydrogens (tertiary/aromatic N) is 2. The summed E-state index contributed by atoms with van der Waals surface area (Å²) in [5, 5.41) is 6.39. The monoisotopic (exact) mass is 570 g/mol. The Kier molecular flexibility index (Phi) is 8.12. The Morgan fingerprint density at radius 1 is 1.10 bits per heavy atom. The average Bonchev–Trinajstić information content (AvgIpc) is 2.75. The van der Waals surface area contributed by atoms with E-state index in [2.05, 4.69) is 38.1 Å². The Bertz CT molecular complexity index is 993. The molecule has 0 aliphatic carbocycles. The van der Waals surface area contributed by atoms with Crippen molar-refractivity contribution >= 4 is 74.7 Å². The Labute approximate surface area is 206 Å². The summed E-state index contributed by atoms with van der Waals surface area (Å²) < 4.78 is 0.909. The van der Waals surface area contributed by atoms with Gasteiger partial charge in [0.2, 0.25) is 5.91 Å². The molecule has 31 heavy (non-hydrogen) atoms. The molecule has 2 aromatic rings. The van der Waals surface area contributed by atoms with Crippen molar-refractivity contribution in [2.24, 2.45) is 5.92 Å². The molecule has 1 aliphatic heterocycles. The molecular formula is C22H24ClIN4O2S. The summed E-state index contributed by atoms with van der Waals surface area (Å²) in [5.41, 5.74) is 2.14. The number of nitrogens with one attached hydrogen (secondary N) is 2. The summed E-state index contributed by atoms with van der Waals surface area (Å²) in [6, 6.07) is 13.0. The Hall–Kier alpha value is -1.91. The van der Waals surface area contributed by atoms with Crippen LogP contribution in [0.25, 0.3) is 0 Å². The maximum absolute atomic E-state index is 12.6. The fourth-order valence-corrected chi connectivity index (χ4v) is 4.28. The molecule has 0 spiro atoms. The first-order valence-electron chi connectivity index (χ1n) is 9.96. The second-order valence-electron chi connectivity index (χ2n) is 7.52. The lowest BCUT2D eigenvalue weighted by atomic mass is 10.1. The van der Waals surface area contributed by atoms with E-state index in [0.29, 0.717) is 23.7 Å². The van der Waals surface area contributed by atoms with E-state index >= 15 is 0 Å². The normalized spacial score (nSPS) is 13.8. The molecule has 0 radical (unpaired) electrons. The van der Waals surface area contributed by atoms with Gasteiger partial charge in [-0.15, -0.1) is 0 Å². The van der Waals surface area contributed by atoms with Crippen LogP contribution in [0, 0.1) is 9.49 Å². The SMILES string of the molecule is CC(C)C(=O)N1CCN(c2ccccc2NC(=S)NC(=O)c2cc(I)ccc2Cl)CC1. The fourth-order valence-electron chi connectivity index (χ4n) is 3.38. The molecule has 1 aliphatic rings. The molecule has 3 rings (SSSR count). The van der Waals surface area contributed by atoms with Crippen LogP contribution in [0.4, 0.5) is 11.4 Å². The number of anilines is 2. The van der Waals surface area contributed by atoms with E-state index in [-0.39, 0.29) is 22.8 Å². The van der Waals surface area contributed by atoms with Crippen molar-refractivity contribution in [1.82, 2.24) is 10.2 Å². The van der Waals surface area contributed by atoms with Gasteiger partial charge in [0.15, 0.2) is 5.11 Å². The summed E-state index contributed by atoms with van der Waals surface area (Å²) >= 11 is 13.7. The van der Waals surface area contributed by atoms with Crippen LogP contribution in [0.5, 0.6) is 0 Å². The maximum atomic E-state index is 12.6. The first kappa shape index (κ1) is 23.7. The quantitative estimate of drug-likeness (QED) is 0.422. The van der Waals surface area contributed by atoms with Crippen LogP contribution in [-0.4, -0.2) is 48.0 Å². The van der Waals surface area contributed by atoms with Crippen LogP contribution >= 0.6 is 46.4 Å². The van der Waals surface area contributed by atoms with E-state index in [1.165, 1.54) is 0 Å². The molecule has 0 bridgehead atoms. The molecule has 164 valence electrons. The molecule has 9 heteroatoms. The third-order valence-electron chi connectivity index (χ3n) is 4.98. The van der Waals surface area contributed by atoms with Crippen molar-refractivity contribution in [3.63, 3.8) is 0 Å².